The molecule has 0 spiro atoms. The van der Waals surface area contributed by atoms with E-state index in [1.807, 2.05) is 0 Å². The van der Waals surface area contributed by atoms with Gasteiger partial charge in [-0.15, -0.1) is 0 Å². The van der Waals surface area contributed by atoms with E-state index in [0.717, 1.165) is 0 Å². The molecular formula is CH7N2O3Zn-. The topological polar surface area (TPSA) is 130 Å². The third kappa shape index (κ3) is 2430. The molecule has 0 bridgehead atoms. The molecule has 0 aliphatic carbocycles. The summed E-state index contributed by atoms with van der Waals surface area (Å²) < 4.78 is 0. The summed E-state index contributed by atoms with van der Waals surface area (Å²) >= 11 is 0. The maximum atomic E-state index is 8.44. The molecule has 0 aliphatic heterocycles. The van der Waals surface area contributed by atoms with E-state index in [1.165, 1.54) is 0 Å². The molecule has 0 aromatic heterocycles. The Hall–Kier alpha value is -0.187. The molecule has 0 rings (SSSR count). The van der Waals surface area contributed by atoms with Gasteiger partial charge in [-0.2, -0.15) is 0 Å². The minimum Gasteiger partial charge on any atom is -0.565 e. The smallest absolute Gasteiger partial charge is 0.249 e. The van der Waals surface area contributed by atoms with E-state index >= 15 is 0 Å². The van der Waals surface area contributed by atoms with Crippen molar-refractivity contribution in [2.45, 2.75) is 0 Å². The van der Waals surface area contributed by atoms with Crippen LogP contribution in [-0.4, -0.2) is 11.3 Å². The first-order valence-electron chi connectivity index (χ1n) is 0.632. The molecule has 0 atom stereocenters. The Morgan fingerprint density at radius 2 is 1.43 bits per heavy atom. The zero-order chi connectivity index (χ0) is 3.58. The van der Waals surface area contributed by atoms with Crippen molar-refractivity contribution in [1.29, 1.82) is 0 Å². The molecule has 0 unspecified atom stereocenters. The van der Waals surface area contributed by atoms with Gasteiger partial charge < -0.3 is 27.3 Å². The van der Waals surface area contributed by atoms with Crippen molar-refractivity contribution in [2.24, 2.45) is 0 Å². The Morgan fingerprint density at radius 1 is 1.43 bits per heavy atom. The molecule has 7 N–H and O–H groups in total. The van der Waals surface area contributed by atoms with Crippen LogP contribution in [0.4, 0.5) is 4.79 Å². The minimum atomic E-state index is -2.08. The first-order chi connectivity index (χ1) is 1.73. The van der Waals surface area contributed by atoms with Crippen molar-refractivity contribution in [3.8, 4) is 0 Å². The van der Waals surface area contributed by atoms with Crippen LogP contribution in [0.25, 0.3) is 0 Å². The van der Waals surface area contributed by atoms with Crippen LogP contribution in [0.3, 0.4) is 0 Å². The van der Waals surface area contributed by atoms with E-state index in [1.54, 1.807) is 0 Å². The molecular weight excluding hydrogens is 153 g/mol. The Labute approximate surface area is 53.6 Å². The van der Waals surface area contributed by atoms with E-state index in [0.29, 0.717) is 0 Å². The third-order valence-corrected chi connectivity index (χ3v) is 0. The minimum absolute atomic E-state index is 0. The molecule has 0 saturated heterocycles. The second-order valence-corrected chi connectivity index (χ2v) is 0.266. The van der Waals surface area contributed by atoms with Gasteiger partial charge in [-0.25, -0.2) is 0 Å². The number of hydrogen-bond donors (Lipinski definition) is 3. The Kier molecular flexibility index (Phi) is 70.7. The van der Waals surface area contributed by atoms with Crippen LogP contribution in [0.15, 0.2) is 0 Å². The largest absolute Gasteiger partial charge is 0.565 e. The summed E-state index contributed by atoms with van der Waals surface area (Å²) in [6, 6.07) is 0. The maximum Gasteiger partial charge on any atom is 0.249 e. The maximum absolute atomic E-state index is 8.44. The van der Waals surface area contributed by atoms with Gasteiger partial charge in [0.2, 0.25) is 6.16 Å². The van der Waals surface area contributed by atoms with Crippen molar-refractivity contribution >= 4 is 6.16 Å². The molecule has 0 saturated carbocycles. The predicted octanol–water partition coefficient (Wildman–Crippen LogP) is -0.791. The molecule has 0 aliphatic rings. The van der Waals surface area contributed by atoms with Gasteiger partial charge in [0, 0.05) is 19.5 Å². The molecule has 6 heteroatoms. The number of rotatable bonds is 0. The van der Waals surface area contributed by atoms with Crippen LogP contribution >= 0.6 is 0 Å². The quantitative estimate of drug-likeness (QED) is 0.400. The third-order valence-electron chi connectivity index (χ3n) is 0. The predicted molar refractivity (Wildman–Crippen MR) is 18.1 cm³/mol. The van der Waals surface area contributed by atoms with E-state index < -0.39 is 6.16 Å². The SMILES string of the molecule is N.N.O=C([O-])O.[Zn]. The summed E-state index contributed by atoms with van der Waals surface area (Å²) in [7, 11) is 0. The molecule has 5 nitrogen and oxygen atoms in total. The van der Waals surface area contributed by atoms with E-state index in [9.17, 15) is 0 Å². The van der Waals surface area contributed by atoms with E-state index in [4.69, 9.17) is 15.0 Å². The van der Waals surface area contributed by atoms with Gasteiger partial charge >= 0.3 is 0 Å². The molecule has 0 radical (unpaired) electrons. The average molecular weight is 160 g/mol. The fourth-order valence-corrected chi connectivity index (χ4v) is 0. The second-order valence-electron chi connectivity index (χ2n) is 0.266. The van der Waals surface area contributed by atoms with E-state index in [-0.39, 0.29) is 31.8 Å². The van der Waals surface area contributed by atoms with E-state index in [2.05, 4.69) is 0 Å². The van der Waals surface area contributed by atoms with Crippen LogP contribution in [0.5, 0.6) is 0 Å². The molecule has 0 aromatic carbocycles. The summed E-state index contributed by atoms with van der Waals surface area (Å²) in [4.78, 5) is 8.44. The molecule has 0 aromatic rings. The first-order valence-corrected chi connectivity index (χ1v) is 0.632. The monoisotopic (exact) mass is 159 g/mol. The van der Waals surface area contributed by atoms with Gasteiger partial charge in [0.05, 0.1) is 0 Å². The normalized spacial score (nSPS) is 3.43. The molecule has 42 valence electrons. The summed E-state index contributed by atoms with van der Waals surface area (Å²) in [6.07, 6.45) is -2.08. The van der Waals surface area contributed by atoms with Gasteiger partial charge in [0.1, 0.15) is 0 Å². The van der Waals surface area contributed by atoms with Crippen LogP contribution in [0.2, 0.25) is 0 Å². The van der Waals surface area contributed by atoms with Gasteiger partial charge in [0.15, 0.2) is 0 Å². The van der Waals surface area contributed by atoms with Gasteiger partial charge in [-0.1, -0.05) is 0 Å². The Balaban J connectivity index is -0.0000000150. The van der Waals surface area contributed by atoms with Gasteiger partial charge in [-0.05, 0) is 0 Å². The second kappa shape index (κ2) is 17.0. The summed E-state index contributed by atoms with van der Waals surface area (Å²) in [6.45, 7) is 0. The Bertz CT molecular complexity index is 35.9. The van der Waals surface area contributed by atoms with Crippen molar-refractivity contribution < 1.29 is 34.5 Å². The molecule has 0 fully saturated rings. The number of hydrogen-bond acceptors (Lipinski definition) is 4. The average Bonchev–Trinajstić information content (AvgIpc) is 0.811. The van der Waals surface area contributed by atoms with Crippen LogP contribution in [0, 0.1) is 0 Å². The van der Waals surface area contributed by atoms with Crippen molar-refractivity contribution in [2.75, 3.05) is 0 Å². The summed E-state index contributed by atoms with van der Waals surface area (Å²) in [5, 5.41) is 15.3. The Morgan fingerprint density at radius 3 is 1.43 bits per heavy atom. The zero-order valence-electron chi connectivity index (χ0n) is 3.89. The summed E-state index contributed by atoms with van der Waals surface area (Å²) in [5.41, 5.74) is 0. The standard InChI is InChI=1S/CH2O3.2H3N.Zn/c2-1(3)4;;;/h(H2,2,3,4);2*1H3;/p-1. The van der Waals surface area contributed by atoms with Crippen LogP contribution in [-0.2, 0) is 19.5 Å². The fraction of sp³-hybridized carbons (Fsp3) is 0. The molecule has 0 heterocycles. The zero-order valence-corrected chi connectivity index (χ0v) is 6.85. The van der Waals surface area contributed by atoms with Crippen LogP contribution < -0.4 is 17.4 Å². The van der Waals surface area contributed by atoms with Crippen LogP contribution in [0.1, 0.15) is 0 Å². The van der Waals surface area contributed by atoms with Gasteiger partial charge in [-0.3, -0.25) is 0 Å². The number of carbonyl (C=O) groups is 1. The van der Waals surface area contributed by atoms with Gasteiger partial charge in [0.25, 0.3) is 0 Å². The fourth-order valence-electron chi connectivity index (χ4n) is 0. The van der Waals surface area contributed by atoms with Crippen molar-refractivity contribution in [3.63, 3.8) is 0 Å². The summed E-state index contributed by atoms with van der Waals surface area (Å²) in [5.74, 6) is 0. The molecule has 0 amide bonds. The number of carboxylic acid groups (broad SMARTS) is 2. The molecule has 7 heavy (non-hydrogen) atoms. The first kappa shape index (κ1) is 29.1. The van der Waals surface area contributed by atoms with Crippen molar-refractivity contribution in [3.05, 3.63) is 0 Å². The van der Waals surface area contributed by atoms with Crippen molar-refractivity contribution in [1.82, 2.24) is 12.3 Å².